The minimum Gasteiger partial charge on any atom is -0.493 e. The number of para-hydroxylation sites is 1. The van der Waals surface area contributed by atoms with Crippen molar-refractivity contribution in [2.24, 2.45) is 0 Å². The summed E-state index contributed by atoms with van der Waals surface area (Å²) in [5, 5.41) is 0.869. The summed E-state index contributed by atoms with van der Waals surface area (Å²) < 4.78 is 5.70. The van der Waals surface area contributed by atoms with Gasteiger partial charge < -0.3 is 21.1 Å². The summed E-state index contributed by atoms with van der Waals surface area (Å²) in [6.45, 7) is 8.90. The Kier molecular flexibility index (Phi) is 12.8. The van der Waals surface area contributed by atoms with Crippen LogP contribution in [0.15, 0.2) is 29.4 Å². The fraction of sp³-hybridized carbons (Fsp3) is 0.474. The van der Waals surface area contributed by atoms with E-state index in [1.54, 1.807) is 11.8 Å². The number of piperazine rings is 1. The number of rotatable bonds is 6. The molecular formula is C19H31Cl3N6OS. The zero-order valence-electron chi connectivity index (χ0n) is 17.4. The van der Waals surface area contributed by atoms with Crippen molar-refractivity contribution in [3.63, 3.8) is 0 Å². The maximum absolute atomic E-state index is 6.27. The van der Waals surface area contributed by atoms with Gasteiger partial charge in [0.15, 0.2) is 5.16 Å². The van der Waals surface area contributed by atoms with Crippen LogP contribution in [0.1, 0.15) is 13.8 Å². The third-order valence-electron chi connectivity index (χ3n) is 4.73. The van der Waals surface area contributed by atoms with Gasteiger partial charge in [-0.05, 0) is 27.0 Å². The van der Waals surface area contributed by atoms with Crippen LogP contribution in [0.4, 0.5) is 11.6 Å². The number of anilines is 2. The van der Waals surface area contributed by atoms with Crippen molar-refractivity contribution in [1.29, 1.82) is 0 Å². The molecule has 1 aromatic heterocycles. The number of aromatic nitrogens is 2. The highest BCUT2D eigenvalue weighted by Gasteiger charge is 2.22. The lowest BCUT2D eigenvalue weighted by molar-refractivity contribution is 0.149. The summed E-state index contributed by atoms with van der Waals surface area (Å²) >= 11 is 1.59. The molecule has 3 rings (SSSR count). The van der Waals surface area contributed by atoms with Gasteiger partial charge in [-0.3, -0.25) is 4.90 Å². The largest absolute Gasteiger partial charge is 0.493 e. The molecule has 0 amide bonds. The molecule has 1 saturated heterocycles. The Bertz CT molecular complexity index is 770. The second-order valence-electron chi connectivity index (χ2n) is 6.64. The molecule has 7 nitrogen and oxygen atoms in total. The number of nitrogens with zero attached hydrogens (tertiary/aromatic N) is 4. The molecule has 1 aliphatic rings. The number of hydrogen-bond acceptors (Lipinski definition) is 8. The van der Waals surface area contributed by atoms with E-state index in [2.05, 4.69) is 33.7 Å². The first kappa shape index (κ1) is 28.8. The Hall–Kier alpha value is -1.16. The minimum atomic E-state index is 0. The molecule has 0 radical (unpaired) electrons. The van der Waals surface area contributed by atoms with Crippen molar-refractivity contribution in [2.45, 2.75) is 24.4 Å². The molecule has 1 aliphatic heterocycles. The first-order valence-corrected chi connectivity index (χ1v) is 10.1. The number of nitrogen functional groups attached to an aromatic ring is 2. The van der Waals surface area contributed by atoms with E-state index in [1.165, 1.54) is 0 Å². The normalized spacial score (nSPS) is 15.3. The maximum Gasteiger partial charge on any atom is 0.193 e. The van der Waals surface area contributed by atoms with Gasteiger partial charge in [0.1, 0.15) is 17.4 Å². The van der Waals surface area contributed by atoms with Crippen LogP contribution in [0.2, 0.25) is 0 Å². The van der Waals surface area contributed by atoms with Gasteiger partial charge in [-0.25, -0.2) is 9.97 Å². The van der Waals surface area contributed by atoms with Gasteiger partial charge in [-0.15, -0.1) is 37.2 Å². The second-order valence-corrected chi connectivity index (χ2v) is 7.92. The standard InChI is InChI=1S/C19H28N6OS.3ClH/c1-4-26-15-8-6-5-7-14(15)16-17(20)22-19(23-18(16)21)27-13(2)25-11-9-24(3)10-12-25;;;/h5-8,13H,4,9-12H2,1-3H3,(H4,20,21,22,23);3*1H. The first-order valence-electron chi connectivity index (χ1n) is 9.24. The first-order chi connectivity index (χ1) is 13.0. The molecule has 0 spiro atoms. The average molecular weight is 498 g/mol. The van der Waals surface area contributed by atoms with E-state index in [1.807, 2.05) is 31.2 Å². The Labute approximate surface area is 201 Å². The van der Waals surface area contributed by atoms with Crippen LogP contribution >= 0.6 is 49.0 Å². The van der Waals surface area contributed by atoms with Gasteiger partial charge >= 0.3 is 0 Å². The van der Waals surface area contributed by atoms with E-state index in [-0.39, 0.29) is 42.6 Å². The molecule has 1 unspecified atom stereocenters. The van der Waals surface area contributed by atoms with Gasteiger partial charge in [0.25, 0.3) is 0 Å². The Balaban J connectivity index is 0.00000280. The third-order valence-corrected chi connectivity index (χ3v) is 5.76. The highest BCUT2D eigenvalue weighted by atomic mass is 35.5. The van der Waals surface area contributed by atoms with E-state index >= 15 is 0 Å². The van der Waals surface area contributed by atoms with Crippen molar-refractivity contribution in [3.8, 4) is 16.9 Å². The van der Waals surface area contributed by atoms with Crippen molar-refractivity contribution in [3.05, 3.63) is 24.3 Å². The zero-order valence-corrected chi connectivity index (χ0v) is 20.7. The van der Waals surface area contributed by atoms with Crippen LogP contribution in [0.25, 0.3) is 11.1 Å². The molecule has 30 heavy (non-hydrogen) atoms. The molecule has 2 aromatic rings. The quantitative estimate of drug-likeness (QED) is 0.461. The summed E-state index contributed by atoms with van der Waals surface area (Å²) in [5.41, 5.74) is 14.0. The lowest BCUT2D eigenvalue weighted by atomic mass is 10.1. The fourth-order valence-corrected chi connectivity index (χ4v) is 4.14. The molecule has 1 atom stereocenters. The van der Waals surface area contributed by atoms with Crippen molar-refractivity contribution >= 4 is 60.6 Å². The summed E-state index contributed by atoms with van der Waals surface area (Å²) in [6.07, 6.45) is 0. The van der Waals surface area contributed by atoms with Crippen molar-refractivity contribution < 1.29 is 4.74 Å². The topological polar surface area (TPSA) is 93.5 Å². The van der Waals surface area contributed by atoms with Crippen molar-refractivity contribution in [1.82, 2.24) is 19.8 Å². The lowest BCUT2D eigenvalue weighted by Gasteiger charge is -2.35. The van der Waals surface area contributed by atoms with Gasteiger partial charge in [-0.1, -0.05) is 30.0 Å². The molecule has 0 saturated carbocycles. The van der Waals surface area contributed by atoms with Crippen LogP contribution in [-0.4, -0.2) is 65.0 Å². The molecule has 170 valence electrons. The summed E-state index contributed by atoms with van der Waals surface area (Å²) in [4.78, 5) is 13.8. The van der Waals surface area contributed by atoms with Crippen LogP contribution in [0, 0.1) is 0 Å². The van der Waals surface area contributed by atoms with E-state index in [4.69, 9.17) is 16.2 Å². The third kappa shape index (κ3) is 6.93. The smallest absolute Gasteiger partial charge is 0.193 e. The average Bonchev–Trinajstić information content (AvgIpc) is 2.63. The van der Waals surface area contributed by atoms with E-state index in [0.717, 1.165) is 37.5 Å². The fourth-order valence-electron chi connectivity index (χ4n) is 3.17. The SMILES string of the molecule is CCOc1ccccc1-c1c(N)nc(SC(C)N2CCN(C)CC2)nc1N.Cl.Cl.Cl. The molecule has 1 fully saturated rings. The summed E-state index contributed by atoms with van der Waals surface area (Å²) in [7, 11) is 2.15. The van der Waals surface area contributed by atoms with E-state index in [0.29, 0.717) is 29.0 Å². The van der Waals surface area contributed by atoms with Gasteiger partial charge in [-0.2, -0.15) is 0 Å². The summed E-state index contributed by atoms with van der Waals surface area (Å²) in [6, 6.07) is 7.67. The lowest BCUT2D eigenvalue weighted by Crippen LogP contribution is -2.47. The monoisotopic (exact) mass is 496 g/mol. The number of ether oxygens (including phenoxy) is 1. The second kappa shape index (κ2) is 13.3. The molecule has 2 heterocycles. The number of hydrogen-bond donors (Lipinski definition) is 2. The van der Waals surface area contributed by atoms with Crippen molar-refractivity contribution in [2.75, 3.05) is 51.3 Å². The van der Waals surface area contributed by atoms with Crippen LogP contribution in [0.3, 0.4) is 0 Å². The van der Waals surface area contributed by atoms with Crippen LogP contribution < -0.4 is 16.2 Å². The number of thioether (sulfide) groups is 1. The molecule has 4 N–H and O–H groups in total. The number of nitrogens with two attached hydrogens (primary N) is 2. The molecule has 11 heteroatoms. The molecule has 0 bridgehead atoms. The predicted octanol–water partition coefficient (Wildman–Crippen LogP) is 3.66. The van der Waals surface area contributed by atoms with Crippen LogP contribution in [0.5, 0.6) is 5.75 Å². The number of benzene rings is 1. The zero-order chi connectivity index (χ0) is 19.4. The Morgan fingerprint density at radius 2 is 1.60 bits per heavy atom. The molecular weight excluding hydrogens is 467 g/mol. The van der Waals surface area contributed by atoms with E-state index in [9.17, 15) is 0 Å². The van der Waals surface area contributed by atoms with Gasteiger partial charge in [0.05, 0.1) is 17.5 Å². The number of halogens is 3. The van der Waals surface area contributed by atoms with Gasteiger partial charge in [0.2, 0.25) is 0 Å². The van der Waals surface area contributed by atoms with E-state index < -0.39 is 0 Å². The highest BCUT2D eigenvalue weighted by molar-refractivity contribution is 7.99. The van der Waals surface area contributed by atoms with Crippen LogP contribution in [-0.2, 0) is 0 Å². The highest BCUT2D eigenvalue weighted by Crippen LogP contribution is 2.37. The Morgan fingerprint density at radius 3 is 2.17 bits per heavy atom. The Morgan fingerprint density at radius 1 is 1.03 bits per heavy atom. The number of likely N-dealkylation sites (N-methyl/N-ethyl adjacent to an activating group) is 1. The predicted molar refractivity (Wildman–Crippen MR) is 134 cm³/mol. The molecule has 1 aromatic carbocycles. The van der Waals surface area contributed by atoms with Gasteiger partial charge in [0, 0.05) is 31.7 Å². The minimum absolute atomic E-state index is 0. The molecule has 0 aliphatic carbocycles. The maximum atomic E-state index is 6.27. The summed E-state index contributed by atoms with van der Waals surface area (Å²) in [5.74, 6) is 1.48.